The summed E-state index contributed by atoms with van der Waals surface area (Å²) in [5.41, 5.74) is 2.92. The minimum Gasteiger partial charge on any atom is -0.495 e. The summed E-state index contributed by atoms with van der Waals surface area (Å²) in [5.74, 6) is -0.309. The van der Waals surface area contributed by atoms with Crippen LogP contribution in [0.15, 0.2) is 71.7 Å². The summed E-state index contributed by atoms with van der Waals surface area (Å²) in [6.45, 7) is 1.99. The predicted octanol–water partition coefficient (Wildman–Crippen LogP) is 4.46. The zero-order chi connectivity index (χ0) is 19.7. The van der Waals surface area contributed by atoms with Gasteiger partial charge in [0.15, 0.2) is 0 Å². The molecule has 28 heavy (non-hydrogen) atoms. The number of para-hydroxylation sites is 2. The highest BCUT2D eigenvalue weighted by atomic mass is 32.1. The lowest BCUT2D eigenvalue weighted by Gasteiger charge is -2.18. The number of thiophene rings is 1. The highest BCUT2D eigenvalue weighted by Gasteiger charge is 2.41. The number of carbonyl (C=O) groups is 2. The Kier molecular flexibility index (Phi) is 4.71. The molecule has 0 spiro atoms. The third-order valence-corrected chi connectivity index (χ3v) is 5.39. The Morgan fingerprint density at radius 1 is 0.929 bits per heavy atom. The Hall–Kier alpha value is -3.38. The number of benzene rings is 2. The van der Waals surface area contributed by atoms with Gasteiger partial charge in [-0.2, -0.15) is 0 Å². The van der Waals surface area contributed by atoms with Gasteiger partial charge in [0.25, 0.3) is 11.8 Å². The maximum absolute atomic E-state index is 13.3. The molecule has 1 aromatic heterocycles. The van der Waals surface area contributed by atoms with Gasteiger partial charge in [0.05, 0.1) is 18.4 Å². The number of methoxy groups -OCH3 is 1. The SMILES string of the molecule is COc1ccccc1N1C(=O)C(Nc2ccc(C)cc2)=C(c2cccs2)C1=O. The minimum atomic E-state index is -0.404. The molecule has 0 saturated carbocycles. The van der Waals surface area contributed by atoms with Crippen LogP contribution in [0.2, 0.25) is 0 Å². The number of nitrogens with zero attached hydrogens (tertiary/aromatic N) is 1. The average Bonchev–Trinajstić information content (AvgIpc) is 3.31. The maximum Gasteiger partial charge on any atom is 0.282 e. The number of hydrogen-bond acceptors (Lipinski definition) is 5. The molecule has 0 bridgehead atoms. The van der Waals surface area contributed by atoms with Gasteiger partial charge < -0.3 is 10.1 Å². The molecule has 1 aliphatic heterocycles. The van der Waals surface area contributed by atoms with Crippen LogP contribution >= 0.6 is 11.3 Å². The summed E-state index contributed by atoms with van der Waals surface area (Å²) in [6, 6.07) is 18.4. The Morgan fingerprint density at radius 2 is 1.68 bits per heavy atom. The molecule has 0 radical (unpaired) electrons. The van der Waals surface area contributed by atoms with Gasteiger partial charge in [-0.1, -0.05) is 35.9 Å². The van der Waals surface area contributed by atoms with Crippen LogP contribution in [-0.2, 0) is 9.59 Å². The first-order valence-corrected chi connectivity index (χ1v) is 9.61. The Morgan fingerprint density at radius 3 is 2.36 bits per heavy atom. The van der Waals surface area contributed by atoms with E-state index in [0.717, 1.165) is 16.1 Å². The molecule has 6 heteroatoms. The van der Waals surface area contributed by atoms with E-state index in [-0.39, 0.29) is 11.6 Å². The number of nitrogens with one attached hydrogen (secondary N) is 1. The normalized spacial score (nSPS) is 14.0. The number of rotatable bonds is 5. The second-order valence-electron chi connectivity index (χ2n) is 6.34. The van der Waals surface area contributed by atoms with Crippen molar-refractivity contribution in [2.45, 2.75) is 6.92 Å². The summed E-state index contributed by atoms with van der Waals surface area (Å²) >= 11 is 1.42. The molecule has 4 rings (SSSR count). The number of imide groups is 1. The molecule has 140 valence electrons. The number of anilines is 2. The van der Waals surface area contributed by atoms with E-state index in [1.54, 1.807) is 24.3 Å². The molecule has 3 aromatic rings. The van der Waals surface area contributed by atoms with E-state index in [1.165, 1.54) is 23.3 Å². The van der Waals surface area contributed by atoms with E-state index in [9.17, 15) is 9.59 Å². The molecule has 0 saturated heterocycles. The summed E-state index contributed by atoms with van der Waals surface area (Å²) in [4.78, 5) is 28.5. The predicted molar refractivity (Wildman–Crippen MR) is 112 cm³/mol. The largest absolute Gasteiger partial charge is 0.495 e. The third kappa shape index (κ3) is 3.08. The first kappa shape index (κ1) is 18.0. The summed E-state index contributed by atoms with van der Waals surface area (Å²) in [6.07, 6.45) is 0. The number of aryl methyl sites for hydroxylation is 1. The highest BCUT2D eigenvalue weighted by Crippen LogP contribution is 2.38. The molecule has 0 atom stereocenters. The molecule has 1 N–H and O–H groups in total. The van der Waals surface area contributed by atoms with Crippen LogP contribution in [0.25, 0.3) is 5.57 Å². The summed E-state index contributed by atoms with van der Waals surface area (Å²) < 4.78 is 5.36. The van der Waals surface area contributed by atoms with Gasteiger partial charge in [0, 0.05) is 10.6 Å². The van der Waals surface area contributed by atoms with Crippen molar-refractivity contribution < 1.29 is 14.3 Å². The third-order valence-electron chi connectivity index (χ3n) is 4.50. The van der Waals surface area contributed by atoms with E-state index in [1.807, 2.05) is 48.7 Å². The molecule has 2 aromatic carbocycles. The fourth-order valence-corrected chi connectivity index (χ4v) is 3.88. The first-order valence-electron chi connectivity index (χ1n) is 8.74. The second-order valence-corrected chi connectivity index (χ2v) is 7.28. The molecule has 0 aliphatic carbocycles. The number of hydrogen-bond donors (Lipinski definition) is 1. The number of carbonyl (C=O) groups excluding carboxylic acids is 2. The Balaban J connectivity index is 1.81. The number of amides is 2. The van der Waals surface area contributed by atoms with E-state index in [0.29, 0.717) is 17.0 Å². The second kappa shape index (κ2) is 7.32. The summed E-state index contributed by atoms with van der Waals surface area (Å²) in [5, 5.41) is 5.04. The van der Waals surface area contributed by atoms with Crippen LogP contribution in [0, 0.1) is 6.92 Å². The van der Waals surface area contributed by atoms with Gasteiger partial charge in [-0.25, -0.2) is 4.90 Å². The van der Waals surface area contributed by atoms with E-state index in [2.05, 4.69) is 5.32 Å². The van der Waals surface area contributed by atoms with Gasteiger partial charge in [0.2, 0.25) is 0 Å². The van der Waals surface area contributed by atoms with Crippen molar-refractivity contribution >= 4 is 40.1 Å². The molecular formula is C22H18N2O3S. The molecular weight excluding hydrogens is 372 g/mol. The lowest BCUT2D eigenvalue weighted by Crippen LogP contribution is -2.32. The fourth-order valence-electron chi connectivity index (χ4n) is 3.11. The molecule has 1 aliphatic rings. The van der Waals surface area contributed by atoms with Crippen molar-refractivity contribution in [3.05, 3.63) is 82.2 Å². The van der Waals surface area contributed by atoms with Crippen LogP contribution in [0.4, 0.5) is 11.4 Å². The van der Waals surface area contributed by atoms with Gasteiger partial charge in [-0.3, -0.25) is 9.59 Å². The minimum absolute atomic E-state index is 0.266. The average molecular weight is 390 g/mol. The van der Waals surface area contributed by atoms with Gasteiger partial charge in [-0.05, 0) is 42.6 Å². The molecule has 5 nitrogen and oxygen atoms in total. The summed E-state index contributed by atoms with van der Waals surface area (Å²) in [7, 11) is 1.52. The van der Waals surface area contributed by atoms with E-state index in [4.69, 9.17) is 4.74 Å². The van der Waals surface area contributed by atoms with Crippen LogP contribution in [-0.4, -0.2) is 18.9 Å². The van der Waals surface area contributed by atoms with Gasteiger partial charge in [-0.15, -0.1) is 11.3 Å². The molecule has 0 unspecified atom stereocenters. The van der Waals surface area contributed by atoms with Crippen molar-refractivity contribution in [2.75, 3.05) is 17.3 Å². The monoisotopic (exact) mass is 390 g/mol. The maximum atomic E-state index is 13.3. The van der Waals surface area contributed by atoms with Gasteiger partial charge >= 0.3 is 0 Å². The van der Waals surface area contributed by atoms with Crippen LogP contribution < -0.4 is 15.0 Å². The fraction of sp³-hybridized carbons (Fsp3) is 0.0909. The Labute approximate surface area is 166 Å². The van der Waals surface area contributed by atoms with Crippen LogP contribution in [0.1, 0.15) is 10.4 Å². The van der Waals surface area contributed by atoms with Crippen molar-refractivity contribution in [2.24, 2.45) is 0 Å². The van der Waals surface area contributed by atoms with Gasteiger partial charge in [0.1, 0.15) is 11.4 Å². The Bertz CT molecular complexity index is 1070. The topological polar surface area (TPSA) is 58.6 Å². The van der Waals surface area contributed by atoms with Crippen molar-refractivity contribution in [1.82, 2.24) is 0 Å². The lowest BCUT2D eigenvalue weighted by molar-refractivity contribution is -0.120. The zero-order valence-corrected chi connectivity index (χ0v) is 16.2. The number of ether oxygens (including phenoxy) is 1. The molecule has 2 amide bonds. The molecule has 2 heterocycles. The van der Waals surface area contributed by atoms with E-state index >= 15 is 0 Å². The standard InChI is InChI=1S/C22H18N2O3S/c1-14-9-11-15(12-10-14)23-20-19(18-8-5-13-28-18)21(25)24(22(20)26)16-6-3-4-7-17(16)27-2/h3-13,23H,1-2H3. The zero-order valence-electron chi connectivity index (χ0n) is 15.4. The highest BCUT2D eigenvalue weighted by molar-refractivity contribution is 7.11. The van der Waals surface area contributed by atoms with E-state index < -0.39 is 5.91 Å². The van der Waals surface area contributed by atoms with Crippen molar-refractivity contribution in [1.29, 1.82) is 0 Å². The van der Waals surface area contributed by atoms with Crippen molar-refractivity contribution in [3.8, 4) is 5.75 Å². The van der Waals surface area contributed by atoms with Crippen LogP contribution in [0.5, 0.6) is 5.75 Å². The smallest absolute Gasteiger partial charge is 0.282 e. The lowest BCUT2D eigenvalue weighted by atomic mass is 10.1. The molecule has 0 fully saturated rings. The first-order chi connectivity index (χ1) is 13.6. The van der Waals surface area contributed by atoms with Crippen LogP contribution in [0.3, 0.4) is 0 Å². The quantitative estimate of drug-likeness (QED) is 0.654. The van der Waals surface area contributed by atoms with Crippen molar-refractivity contribution in [3.63, 3.8) is 0 Å².